The fraction of sp³-hybridized carbons (Fsp3) is 0.884. The van der Waals surface area contributed by atoms with Crippen molar-refractivity contribution in [3.05, 3.63) is 11.6 Å². The molecule has 0 amide bonds. The van der Waals surface area contributed by atoms with Gasteiger partial charge in [-0.2, -0.15) is 0 Å². The Morgan fingerprint density at radius 3 is 2.02 bits per heavy atom. The zero-order chi connectivity index (χ0) is 46.3. The first-order valence-corrected chi connectivity index (χ1v) is 22.4. The Hall–Kier alpha value is -2.29. The summed E-state index contributed by atoms with van der Waals surface area (Å²) in [6.45, 7) is 3.20. The second kappa shape index (κ2) is 18.0. The molecule has 362 valence electrons. The summed E-state index contributed by atoms with van der Waals surface area (Å²) in [4.78, 5) is 36.9. The third-order valence-corrected chi connectivity index (χ3v) is 16.5. The highest BCUT2D eigenvalue weighted by atomic mass is 16.8. The molecule has 10 N–H and O–H groups in total. The molecular weight excluding hydrogens is 852 g/mol. The fourth-order valence-corrected chi connectivity index (χ4v) is 13.1. The SMILES string of the molecule is CC(=O)O[C@@H]1[C@@H](O)[C@H](CO)O[C@H](O[C@H]2[C@H](O)[C@@H](O)[C@H](O[C@@H]3[C@@H](O)[C@@H](O)[C@H](O[C@H]4CC[C@]5(C=O)[C@H]6CC[C@]7(C)[C@@H](C8=CC(=O)OC8)CC[C@]7(O)[C@@H]6CC[C@]5(O)C4)O[C@H]3C)O[C@@H]2CO)[C@@H]1O. The minimum atomic E-state index is -1.93. The van der Waals surface area contributed by atoms with Crippen LogP contribution in [0.3, 0.4) is 0 Å². The molecule has 21 nitrogen and oxygen atoms in total. The number of carbonyl (C=O) groups excluding carboxylic acids is 3. The van der Waals surface area contributed by atoms with Crippen LogP contribution in [0.1, 0.15) is 78.6 Å². The zero-order valence-corrected chi connectivity index (χ0v) is 36.1. The topological polar surface area (TPSA) is 327 Å². The van der Waals surface area contributed by atoms with Crippen LogP contribution in [0, 0.1) is 28.6 Å². The molecule has 8 rings (SSSR count). The number of rotatable bonds is 11. The number of hydrogen-bond acceptors (Lipinski definition) is 21. The average Bonchev–Trinajstić information content (AvgIpc) is 3.81. The summed E-state index contributed by atoms with van der Waals surface area (Å²) in [7, 11) is 0. The highest BCUT2D eigenvalue weighted by molar-refractivity contribution is 5.85. The van der Waals surface area contributed by atoms with Crippen LogP contribution in [0.5, 0.6) is 0 Å². The monoisotopic (exact) mass is 916 g/mol. The Morgan fingerprint density at radius 1 is 0.750 bits per heavy atom. The van der Waals surface area contributed by atoms with Crippen molar-refractivity contribution in [1.29, 1.82) is 0 Å². The van der Waals surface area contributed by atoms with Gasteiger partial charge < -0.3 is 93.8 Å². The van der Waals surface area contributed by atoms with Crippen LogP contribution in [-0.4, -0.2) is 199 Å². The predicted octanol–water partition coefficient (Wildman–Crippen LogP) is -3.03. The lowest BCUT2D eigenvalue weighted by Crippen LogP contribution is -2.69. The molecule has 4 aliphatic carbocycles. The second-order valence-corrected chi connectivity index (χ2v) is 19.6. The first kappa shape index (κ1) is 48.2. The lowest BCUT2D eigenvalue weighted by atomic mass is 9.41. The van der Waals surface area contributed by atoms with Crippen molar-refractivity contribution >= 4 is 18.2 Å². The summed E-state index contributed by atoms with van der Waals surface area (Å²) in [5.41, 5.74) is -3.43. The summed E-state index contributed by atoms with van der Waals surface area (Å²) in [6.07, 6.45) is -18.9. The number of aliphatic hydroxyl groups excluding tert-OH is 8. The van der Waals surface area contributed by atoms with Gasteiger partial charge in [0.05, 0.1) is 42.0 Å². The number of carbonyl (C=O) groups is 3. The standard InChI is InChI=1S/C43H64O21/c1-18-34(63-38-32(53)30(51)35(26(15-45)62-38)64-39-33(54)36(59-19(2)47)28(49)25(14-44)61-39)29(50)31(52)37(58-18)60-21-4-9-41(17-46)23-5-8-40(3)22(20-12-27(48)57-16-20)7-11-43(40,56)24(23)6-10-42(41,55)13-21/h12,17-18,21-26,28-39,44-45,49-56H,4-11,13-16H2,1-3H3/t18-,21-,22+,23-,24+,25-,26+,28-,29-,30+,31+,32+,33+,34-,35+,36+,37-,38-,39+,40+,41-,42-,43-/m0/s1. The van der Waals surface area contributed by atoms with E-state index in [9.17, 15) is 65.4 Å². The van der Waals surface area contributed by atoms with E-state index in [1.807, 2.05) is 0 Å². The Kier molecular flexibility index (Phi) is 13.5. The van der Waals surface area contributed by atoms with Gasteiger partial charge in [-0.1, -0.05) is 6.92 Å². The normalized spacial score (nSPS) is 52.7. The van der Waals surface area contributed by atoms with E-state index in [2.05, 4.69) is 6.92 Å². The average molecular weight is 917 g/mol. The van der Waals surface area contributed by atoms with Crippen molar-refractivity contribution in [1.82, 2.24) is 0 Å². The molecule has 4 saturated carbocycles. The van der Waals surface area contributed by atoms with Crippen molar-refractivity contribution in [2.75, 3.05) is 19.8 Å². The molecule has 0 radical (unpaired) electrons. The molecule has 7 fully saturated rings. The Morgan fingerprint density at radius 2 is 1.38 bits per heavy atom. The molecule has 8 aliphatic rings. The zero-order valence-electron chi connectivity index (χ0n) is 36.1. The molecule has 21 heteroatoms. The molecular formula is C43H64O21. The van der Waals surface area contributed by atoms with E-state index in [1.54, 1.807) is 6.08 Å². The maximum Gasteiger partial charge on any atom is 0.331 e. The Labute approximate surface area is 369 Å². The van der Waals surface area contributed by atoms with Crippen molar-refractivity contribution in [2.24, 2.45) is 28.6 Å². The van der Waals surface area contributed by atoms with E-state index in [-0.39, 0.29) is 49.6 Å². The van der Waals surface area contributed by atoms with Gasteiger partial charge in [0, 0.05) is 24.8 Å². The third kappa shape index (κ3) is 7.77. The van der Waals surface area contributed by atoms with Gasteiger partial charge in [0.2, 0.25) is 0 Å². The van der Waals surface area contributed by atoms with Crippen LogP contribution in [-0.2, 0) is 52.3 Å². The summed E-state index contributed by atoms with van der Waals surface area (Å²) in [5.74, 6) is -1.85. The van der Waals surface area contributed by atoms with E-state index >= 15 is 0 Å². The summed E-state index contributed by atoms with van der Waals surface area (Å²) < 4.78 is 45.3. The van der Waals surface area contributed by atoms with Gasteiger partial charge in [-0.05, 0) is 81.6 Å². The van der Waals surface area contributed by atoms with Gasteiger partial charge in [0.1, 0.15) is 73.9 Å². The van der Waals surface area contributed by atoms with Crippen LogP contribution < -0.4 is 0 Å². The Balaban J connectivity index is 0.890. The lowest BCUT2D eigenvalue weighted by Gasteiger charge is -2.65. The quantitative estimate of drug-likeness (QED) is 0.0560. The minimum Gasteiger partial charge on any atom is -0.458 e. The van der Waals surface area contributed by atoms with E-state index in [4.69, 9.17) is 37.9 Å². The molecule has 3 saturated heterocycles. The maximum absolute atomic E-state index is 13.3. The first-order valence-electron chi connectivity index (χ1n) is 22.4. The fourth-order valence-electron chi connectivity index (χ4n) is 13.1. The van der Waals surface area contributed by atoms with Crippen LogP contribution >= 0.6 is 0 Å². The van der Waals surface area contributed by atoms with Crippen molar-refractivity contribution in [3.63, 3.8) is 0 Å². The van der Waals surface area contributed by atoms with Crippen LogP contribution in [0.15, 0.2) is 11.6 Å². The molecule has 4 heterocycles. The molecule has 0 aromatic rings. The molecule has 64 heavy (non-hydrogen) atoms. The molecule has 0 aromatic carbocycles. The minimum absolute atomic E-state index is 0.0248. The van der Waals surface area contributed by atoms with Crippen LogP contribution in [0.4, 0.5) is 0 Å². The number of cyclic esters (lactones) is 1. The first-order chi connectivity index (χ1) is 30.3. The maximum atomic E-state index is 13.3. The highest BCUT2D eigenvalue weighted by Gasteiger charge is 2.72. The lowest BCUT2D eigenvalue weighted by molar-refractivity contribution is -0.379. The molecule has 0 spiro atoms. The molecule has 0 unspecified atom stereocenters. The molecule has 4 aliphatic heterocycles. The molecule has 0 bridgehead atoms. The second-order valence-electron chi connectivity index (χ2n) is 19.6. The number of esters is 2. The smallest absolute Gasteiger partial charge is 0.331 e. The third-order valence-electron chi connectivity index (χ3n) is 16.5. The van der Waals surface area contributed by atoms with Crippen molar-refractivity contribution < 1.29 is 103 Å². The predicted molar refractivity (Wildman–Crippen MR) is 210 cm³/mol. The van der Waals surface area contributed by atoms with E-state index in [0.29, 0.717) is 38.5 Å². The van der Waals surface area contributed by atoms with Gasteiger partial charge in [0.15, 0.2) is 25.0 Å². The molecule has 0 aromatic heterocycles. The largest absolute Gasteiger partial charge is 0.458 e. The number of hydrogen-bond donors (Lipinski definition) is 10. The van der Waals surface area contributed by atoms with Crippen LogP contribution in [0.25, 0.3) is 0 Å². The van der Waals surface area contributed by atoms with Crippen molar-refractivity contribution in [3.8, 4) is 0 Å². The Bertz CT molecular complexity index is 1770. The number of ether oxygens (including phenoxy) is 8. The van der Waals surface area contributed by atoms with E-state index in [0.717, 1.165) is 18.8 Å². The van der Waals surface area contributed by atoms with Crippen LogP contribution in [0.2, 0.25) is 0 Å². The van der Waals surface area contributed by atoms with E-state index in [1.165, 1.54) is 6.92 Å². The highest BCUT2D eigenvalue weighted by Crippen LogP contribution is 2.70. The summed E-state index contributed by atoms with van der Waals surface area (Å²) in [5, 5.41) is 111. The number of aliphatic hydroxyl groups is 10. The summed E-state index contributed by atoms with van der Waals surface area (Å²) in [6, 6.07) is 0. The number of aldehydes is 1. The molecule has 23 atom stereocenters. The van der Waals surface area contributed by atoms with Gasteiger partial charge in [-0.25, -0.2) is 4.79 Å². The van der Waals surface area contributed by atoms with Gasteiger partial charge >= 0.3 is 11.9 Å². The van der Waals surface area contributed by atoms with E-state index < -0.39 is 139 Å². The van der Waals surface area contributed by atoms with Gasteiger partial charge in [-0.15, -0.1) is 0 Å². The number of fused-ring (bicyclic) bond motifs is 5. The summed E-state index contributed by atoms with van der Waals surface area (Å²) >= 11 is 0. The van der Waals surface area contributed by atoms with Gasteiger partial charge in [0.25, 0.3) is 0 Å². The van der Waals surface area contributed by atoms with Gasteiger partial charge in [-0.3, -0.25) is 4.79 Å². The van der Waals surface area contributed by atoms with Crippen molar-refractivity contribution in [2.45, 2.75) is 188 Å².